The lowest BCUT2D eigenvalue weighted by Gasteiger charge is -2.20. The minimum Gasteiger partial charge on any atom is -0.444 e. The number of aliphatic hydroxyl groups is 1. The molecule has 1 amide bonds. The first-order valence-electron chi connectivity index (χ1n) is 8.93. The molecule has 0 aliphatic heterocycles. The number of alkyl carbamates (subject to hydrolysis) is 1. The van der Waals surface area contributed by atoms with Crippen molar-refractivity contribution >= 4 is 17.2 Å². The van der Waals surface area contributed by atoms with Crippen LogP contribution in [0.5, 0.6) is 0 Å². The van der Waals surface area contributed by atoms with E-state index < -0.39 is 23.8 Å². The van der Waals surface area contributed by atoms with E-state index in [0.717, 1.165) is 18.4 Å². The third-order valence-electron chi connectivity index (χ3n) is 3.85. The Morgan fingerprint density at radius 2 is 2.12 bits per heavy atom. The number of nitrogens with one attached hydrogen (secondary N) is 1. The number of ether oxygens (including phenoxy) is 1. The molecular weight excluding hydrogens is 334 g/mol. The van der Waals surface area contributed by atoms with Gasteiger partial charge >= 0.3 is 6.09 Å². The van der Waals surface area contributed by atoms with Crippen LogP contribution in [0.2, 0.25) is 0 Å². The highest BCUT2D eigenvalue weighted by atomic mass is 16.6. The van der Waals surface area contributed by atoms with Crippen LogP contribution in [-0.2, 0) is 4.74 Å². The van der Waals surface area contributed by atoms with E-state index in [-0.39, 0.29) is 5.89 Å². The molecule has 0 fully saturated rings. The fraction of sp³-hybridized carbons (Fsp3) is 0.579. The van der Waals surface area contributed by atoms with Gasteiger partial charge in [0.1, 0.15) is 17.2 Å². The van der Waals surface area contributed by atoms with Crippen LogP contribution < -0.4 is 11.1 Å². The lowest BCUT2D eigenvalue weighted by molar-refractivity contribution is 0.0526. The maximum atomic E-state index is 11.5. The smallest absolute Gasteiger partial charge is 0.407 e. The number of carbonyl (C=O) groups excluding carboxylic acids is 1. The number of aromatic nitrogens is 1. The van der Waals surface area contributed by atoms with Crippen LogP contribution in [0, 0.1) is 6.92 Å². The number of fused-ring (bicyclic) bond motifs is 1. The number of unbranched alkanes of at least 4 members (excludes halogenated alkanes) is 1. The SMILES string of the molecule is Cc1ccc2nc(C(O)[C@@H](N)CCCCNC(=O)OC(C)(C)C)oc2c1. The first-order valence-corrected chi connectivity index (χ1v) is 8.93. The zero-order valence-electron chi connectivity index (χ0n) is 15.9. The Morgan fingerprint density at radius 1 is 1.38 bits per heavy atom. The maximum Gasteiger partial charge on any atom is 0.407 e. The van der Waals surface area contributed by atoms with Crippen molar-refractivity contribution in [1.29, 1.82) is 0 Å². The van der Waals surface area contributed by atoms with Crippen molar-refractivity contribution in [2.45, 2.75) is 64.7 Å². The third-order valence-corrected chi connectivity index (χ3v) is 3.85. The summed E-state index contributed by atoms with van der Waals surface area (Å²) in [6.07, 6.45) is 0.708. The van der Waals surface area contributed by atoms with E-state index in [1.54, 1.807) is 0 Å². The second-order valence-electron chi connectivity index (χ2n) is 7.56. The number of rotatable bonds is 7. The molecule has 26 heavy (non-hydrogen) atoms. The lowest BCUT2D eigenvalue weighted by Crippen LogP contribution is -2.33. The van der Waals surface area contributed by atoms with Crippen molar-refractivity contribution in [3.05, 3.63) is 29.7 Å². The Hall–Kier alpha value is -2.12. The number of hydrogen-bond acceptors (Lipinski definition) is 6. The molecule has 0 aliphatic carbocycles. The van der Waals surface area contributed by atoms with Gasteiger partial charge in [-0.1, -0.05) is 12.5 Å². The standard InChI is InChI=1S/C19H29N3O4/c1-12-8-9-14-15(11-12)25-17(22-14)16(23)13(20)7-5-6-10-21-18(24)26-19(2,3)4/h8-9,11,13,16,23H,5-7,10,20H2,1-4H3,(H,21,24)/t13-,16?/m0/s1. The molecule has 1 heterocycles. The average Bonchev–Trinajstić information content (AvgIpc) is 2.94. The molecular formula is C19H29N3O4. The van der Waals surface area contributed by atoms with Crippen molar-refractivity contribution in [3.63, 3.8) is 0 Å². The van der Waals surface area contributed by atoms with Gasteiger partial charge in [0, 0.05) is 12.6 Å². The molecule has 0 bridgehead atoms. The van der Waals surface area contributed by atoms with Crippen LogP contribution in [0.1, 0.15) is 57.6 Å². The van der Waals surface area contributed by atoms with Gasteiger partial charge in [-0.25, -0.2) is 9.78 Å². The first kappa shape index (κ1) is 20.2. The summed E-state index contributed by atoms with van der Waals surface area (Å²) in [5.41, 5.74) is 7.98. The highest BCUT2D eigenvalue weighted by Gasteiger charge is 2.22. The molecule has 0 saturated carbocycles. The van der Waals surface area contributed by atoms with Gasteiger partial charge in [-0.05, 0) is 58.2 Å². The number of nitrogens with two attached hydrogens (primary N) is 1. The number of aliphatic hydroxyl groups excluding tert-OH is 1. The summed E-state index contributed by atoms with van der Waals surface area (Å²) in [4.78, 5) is 15.8. The van der Waals surface area contributed by atoms with Crippen LogP contribution in [0.3, 0.4) is 0 Å². The van der Waals surface area contributed by atoms with Crippen molar-refractivity contribution in [1.82, 2.24) is 10.3 Å². The Morgan fingerprint density at radius 3 is 2.81 bits per heavy atom. The van der Waals surface area contributed by atoms with Crippen molar-refractivity contribution in [2.75, 3.05) is 6.54 Å². The molecule has 7 nitrogen and oxygen atoms in total. The molecule has 2 rings (SSSR count). The van der Waals surface area contributed by atoms with Gasteiger partial charge in [-0.3, -0.25) is 0 Å². The molecule has 2 aromatic rings. The molecule has 1 aromatic carbocycles. The number of benzene rings is 1. The number of oxazole rings is 1. The predicted octanol–water partition coefficient (Wildman–Crippen LogP) is 3.19. The molecule has 0 aliphatic rings. The Labute approximate surface area is 153 Å². The van der Waals surface area contributed by atoms with Gasteiger partial charge < -0.3 is 25.3 Å². The molecule has 0 radical (unpaired) electrons. The van der Waals surface area contributed by atoms with Crippen LogP contribution in [0.4, 0.5) is 4.79 Å². The quantitative estimate of drug-likeness (QED) is 0.652. The van der Waals surface area contributed by atoms with Crippen LogP contribution in [0.25, 0.3) is 11.1 Å². The summed E-state index contributed by atoms with van der Waals surface area (Å²) in [5, 5.41) is 13.1. The predicted molar refractivity (Wildman–Crippen MR) is 99.8 cm³/mol. The maximum absolute atomic E-state index is 11.5. The summed E-state index contributed by atoms with van der Waals surface area (Å²) in [7, 11) is 0. The van der Waals surface area contributed by atoms with E-state index in [1.165, 1.54) is 0 Å². The van der Waals surface area contributed by atoms with Crippen molar-refractivity contribution < 1.29 is 19.1 Å². The Kier molecular flexibility index (Phi) is 6.61. The van der Waals surface area contributed by atoms with E-state index in [1.807, 2.05) is 45.9 Å². The lowest BCUT2D eigenvalue weighted by atomic mass is 10.0. The van der Waals surface area contributed by atoms with E-state index in [2.05, 4.69) is 10.3 Å². The van der Waals surface area contributed by atoms with Gasteiger partial charge in [0.2, 0.25) is 5.89 Å². The van der Waals surface area contributed by atoms with Crippen LogP contribution in [0.15, 0.2) is 22.6 Å². The van der Waals surface area contributed by atoms with Crippen LogP contribution >= 0.6 is 0 Å². The monoisotopic (exact) mass is 363 g/mol. The number of carbonyl (C=O) groups is 1. The van der Waals surface area contributed by atoms with Crippen molar-refractivity contribution in [2.24, 2.45) is 5.73 Å². The third kappa shape index (κ3) is 6.00. The molecule has 1 aromatic heterocycles. The summed E-state index contributed by atoms with van der Waals surface area (Å²) in [5.74, 6) is 0.241. The zero-order valence-corrected chi connectivity index (χ0v) is 15.9. The summed E-state index contributed by atoms with van der Waals surface area (Å²) in [6, 6.07) is 5.20. The minimum absolute atomic E-state index is 0.241. The average molecular weight is 363 g/mol. The number of aryl methyl sites for hydroxylation is 1. The largest absolute Gasteiger partial charge is 0.444 e. The van der Waals surface area contributed by atoms with E-state index >= 15 is 0 Å². The van der Waals surface area contributed by atoms with Gasteiger partial charge in [0.15, 0.2) is 5.58 Å². The Bertz CT molecular complexity index is 736. The van der Waals surface area contributed by atoms with Gasteiger partial charge in [-0.15, -0.1) is 0 Å². The number of nitrogens with zero attached hydrogens (tertiary/aromatic N) is 1. The molecule has 2 atom stereocenters. The minimum atomic E-state index is -0.957. The molecule has 4 N–H and O–H groups in total. The van der Waals surface area contributed by atoms with Gasteiger partial charge in [0.25, 0.3) is 0 Å². The normalized spacial score (nSPS) is 14.2. The molecule has 1 unspecified atom stereocenters. The fourth-order valence-corrected chi connectivity index (χ4v) is 2.53. The summed E-state index contributed by atoms with van der Waals surface area (Å²) < 4.78 is 10.8. The highest BCUT2D eigenvalue weighted by Crippen LogP contribution is 2.24. The topological polar surface area (TPSA) is 111 Å². The second kappa shape index (κ2) is 8.51. The number of hydrogen-bond donors (Lipinski definition) is 3. The first-order chi connectivity index (χ1) is 12.2. The zero-order chi connectivity index (χ0) is 19.3. The van der Waals surface area contributed by atoms with E-state index in [4.69, 9.17) is 14.9 Å². The van der Waals surface area contributed by atoms with E-state index in [9.17, 15) is 9.90 Å². The molecule has 0 saturated heterocycles. The summed E-state index contributed by atoms with van der Waals surface area (Å²) >= 11 is 0. The van der Waals surface area contributed by atoms with Crippen molar-refractivity contribution in [3.8, 4) is 0 Å². The second-order valence-corrected chi connectivity index (χ2v) is 7.56. The molecule has 7 heteroatoms. The fourth-order valence-electron chi connectivity index (χ4n) is 2.53. The molecule has 0 spiro atoms. The Balaban J connectivity index is 1.74. The highest BCUT2D eigenvalue weighted by molar-refractivity contribution is 5.73. The van der Waals surface area contributed by atoms with Gasteiger partial charge in [0.05, 0.1) is 0 Å². The van der Waals surface area contributed by atoms with Gasteiger partial charge in [-0.2, -0.15) is 0 Å². The van der Waals surface area contributed by atoms with Crippen LogP contribution in [-0.4, -0.2) is 34.4 Å². The number of amides is 1. The summed E-state index contributed by atoms with van der Waals surface area (Å²) in [6.45, 7) is 7.93. The molecule has 144 valence electrons. The van der Waals surface area contributed by atoms with E-state index in [0.29, 0.717) is 24.1 Å².